The largest absolute Gasteiger partial charge is 0.546 e. The number of hydrazone groups is 1. The van der Waals surface area contributed by atoms with E-state index in [0.29, 0.717) is 35.5 Å². The summed E-state index contributed by atoms with van der Waals surface area (Å²) in [6, 6.07) is 5.02. The number of methoxy groups -OCH3 is 2. The van der Waals surface area contributed by atoms with E-state index in [9.17, 15) is 9.90 Å². The Morgan fingerprint density at radius 3 is 2.71 bits per heavy atom. The summed E-state index contributed by atoms with van der Waals surface area (Å²) in [4.78, 5) is 10.5. The lowest BCUT2D eigenvalue weighted by Crippen LogP contribution is -2.34. The maximum atomic E-state index is 10.5. The van der Waals surface area contributed by atoms with Crippen molar-refractivity contribution in [1.29, 1.82) is 0 Å². The number of hydrogen-bond acceptors (Lipinski definition) is 7. The van der Waals surface area contributed by atoms with Crippen LogP contribution in [0, 0.1) is 0 Å². The van der Waals surface area contributed by atoms with Gasteiger partial charge in [0.1, 0.15) is 6.61 Å². The first-order valence-electron chi connectivity index (χ1n) is 7.06. The van der Waals surface area contributed by atoms with Crippen LogP contribution in [0.5, 0.6) is 11.5 Å². The topological polar surface area (TPSA) is 104 Å². The van der Waals surface area contributed by atoms with Gasteiger partial charge in [-0.2, -0.15) is 5.10 Å². The van der Waals surface area contributed by atoms with Crippen LogP contribution in [0.1, 0.15) is 12.5 Å². The minimum Gasteiger partial charge on any atom is -0.546 e. The van der Waals surface area contributed by atoms with Gasteiger partial charge in [0.25, 0.3) is 0 Å². The Balaban J connectivity index is 2.72. The molecule has 0 aliphatic heterocycles. The Morgan fingerprint density at radius 2 is 2.08 bits per heavy atom. The highest BCUT2D eigenvalue weighted by molar-refractivity contribution is 7.80. The molecule has 0 aliphatic carbocycles. The maximum Gasteiger partial charge on any atom is 0.187 e. The van der Waals surface area contributed by atoms with Crippen molar-refractivity contribution in [2.75, 3.05) is 34.0 Å². The zero-order valence-corrected chi connectivity index (χ0v) is 14.6. The van der Waals surface area contributed by atoms with E-state index in [1.807, 2.05) is 0 Å². The van der Waals surface area contributed by atoms with Gasteiger partial charge in [-0.3, -0.25) is 5.43 Å². The van der Waals surface area contributed by atoms with Crippen LogP contribution in [0.2, 0.25) is 0 Å². The second kappa shape index (κ2) is 10.4. The van der Waals surface area contributed by atoms with E-state index >= 15 is 0 Å². The molecule has 9 heteroatoms. The van der Waals surface area contributed by atoms with Crippen LogP contribution >= 0.6 is 12.2 Å². The van der Waals surface area contributed by atoms with Gasteiger partial charge in [0.15, 0.2) is 16.6 Å². The van der Waals surface area contributed by atoms with Crippen LogP contribution in [0.4, 0.5) is 0 Å². The van der Waals surface area contributed by atoms with Crippen molar-refractivity contribution in [3.8, 4) is 11.5 Å². The molecule has 0 saturated heterocycles. The van der Waals surface area contributed by atoms with Gasteiger partial charge in [-0.25, -0.2) is 0 Å². The van der Waals surface area contributed by atoms with Crippen LogP contribution in [0.15, 0.2) is 23.3 Å². The second-order valence-corrected chi connectivity index (χ2v) is 4.99. The lowest BCUT2D eigenvalue weighted by atomic mass is 10.1. The van der Waals surface area contributed by atoms with E-state index in [1.165, 1.54) is 7.11 Å². The van der Waals surface area contributed by atoms with Gasteiger partial charge in [0, 0.05) is 19.2 Å². The number of nitrogens with zero attached hydrogens (tertiary/aromatic N) is 1. The molecule has 132 valence electrons. The molecule has 0 aromatic heterocycles. The fraction of sp³-hybridized carbons (Fsp3) is 0.400. The van der Waals surface area contributed by atoms with Crippen molar-refractivity contribution in [3.63, 3.8) is 0 Å². The first-order valence-corrected chi connectivity index (χ1v) is 7.47. The van der Waals surface area contributed by atoms with Gasteiger partial charge >= 0.3 is 0 Å². The summed E-state index contributed by atoms with van der Waals surface area (Å²) < 4.78 is 15.2. The summed E-state index contributed by atoms with van der Waals surface area (Å²) in [5.41, 5.74) is 4.15. The molecule has 0 aliphatic rings. The number of hydrogen-bond donors (Lipinski definition) is 2. The maximum absolute atomic E-state index is 10.5. The van der Waals surface area contributed by atoms with Crippen molar-refractivity contribution >= 4 is 29.0 Å². The van der Waals surface area contributed by atoms with Crippen LogP contribution < -0.4 is 25.3 Å². The smallest absolute Gasteiger partial charge is 0.187 e. The van der Waals surface area contributed by atoms with Gasteiger partial charge in [-0.05, 0) is 37.3 Å². The molecule has 24 heavy (non-hydrogen) atoms. The van der Waals surface area contributed by atoms with Crippen molar-refractivity contribution in [2.45, 2.75) is 6.92 Å². The van der Waals surface area contributed by atoms with Gasteiger partial charge < -0.3 is 29.4 Å². The Kier molecular flexibility index (Phi) is 8.52. The molecular weight excluding hydrogens is 334 g/mol. The Bertz CT molecular complexity index is 607. The molecule has 0 amide bonds. The Labute approximate surface area is 145 Å². The summed E-state index contributed by atoms with van der Waals surface area (Å²) in [5.74, 6) is -0.607. The zero-order valence-electron chi connectivity index (χ0n) is 13.8. The SMILES string of the molecule is COCCNC(=S)N/N=C(/C)c1ccc(OCC(=O)[O-])c(OC)c1. The summed E-state index contributed by atoms with van der Waals surface area (Å²) in [7, 11) is 3.07. The fourth-order valence-electron chi connectivity index (χ4n) is 1.65. The van der Waals surface area contributed by atoms with Gasteiger partial charge in [-0.1, -0.05) is 0 Å². The molecular formula is C15H20N3O5S-. The van der Waals surface area contributed by atoms with Gasteiger partial charge in [0.2, 0.25) is 0 Å². The molecule has 1 rings (SSSR count). The number of carboxylic acid groups (broad SMARTS) is 1. The predicted octanol–water partition coefficient (Wildman–Crippen LogP) is -0.342. The number of thiocarbonyl (C=S) groups is 1. The minimum absolute atomic E-state index is 0.308. The molecule has 0 radical (unpaired) electrons. The van der Waals surface area contributed by atoms with E-state index in [4.69, 9.17) is 26.4 Å². The summed E-state index contributed by atoms with van der Waals surface area (Å²) in [5, 5.41) is 17.9. The van der Waals surface area contributed by atoms with Crippen molar-refractivity contribution in [3.05, 3.63) is 23.8 Å². The third-order valence-electron chi connectivity index (χ3n) is 2.84. The average Bonchev–Trinajstić information content (AvgIpc) is 2.57. The molecule has 1 aromatic rings. The van der Waals surface area contributed by atoms with Crippen LogP contribution in [0.25, 0.3) is 0 Å². The quantitative estimate of drug-likeness (QED) is 0.269. The highest BCUT2D eigenvalue weighted by Crippen LogP contribution is 2.28. The molecule has 0 unspecified atom stereocenters. The average molecular weight is 354 g/mol. The molecule has 0 spiro atoms. The molecule has 0 fully saturated rings. The van der Waals surface area contributed by atoms with Crippen LogP contribution in [0.3, 0.4) is 0 Å². The molecule has 8 nitrogen and oxygen atoms in total. The fourth-order valence-corrected chi connectivity index (χ4v) is 1.80. The molecule has 0 bridgehead atoms. The molecule has 0 saturated carbocycles. The van der Waals surface area contributed by atoms with E-state index in [0.717, 1.165) is 5.56 Å². The first-order chi connectivity index (χ1) is 11.5. The third kappa shape index (κ3) is 6.80. The zero-order chi connectivity index (χ0) is 17.9. The number of carboxylic acids is 1. The number of carbonyl (C=O) groups is 1. The predicted molar refractivity (Wildman–Crippen MR) is 91.3 cm³/mol. The summed E-state index contributed by atoms with van der Waals surface area (Å²) in [6.07, 6.45) is 0. The van der Waals surface area contributed by atoms with Gasteiger partial charge in [0.05, 0.1) is 25.4 Å². The second-order valence-electron chi connectivity index (χ2n) is 4.58. The summed E-state index contributed by atoms with van der Waals surface area (Å²) in [6.45, 7) is 2.36. The van der Waals surface area contributed by atoms with E-state index < -0.39 is 12.6 Å². The van der Waals surface area contributed by atoms with Gasteiger partial charge in [-0.15, -0.1) is 0 Å². The highest BCUT2D eigenvalue weighted by Gasteiger charge is 2.08. The Hall–Kier alpha value is -2.39. The van der Waals surface area contributed by atoms with Crippen molar-refractivity contribution < 1.29 is 24.1 Å². The van der Waals surface area contributed by atoms with Crippen molar-refractivity contribution in [2.24, 2.45) is 5.10 Å². The molecule has 0 atom stereocenters. The number of carbonyl (C=O) groups excluding carboxylic acids is 1. The highest BCUT2D eigenvalue weighted by atomic mass is 32.1. The molecule has 2 N–H and O–H groups in total. The minimum atomic E-state index is -1.31. The number of benzene rings is 1. The molecule has 1 aromatic carbocycles. The van der Waals surface area contributed by atoms with Crippen LogP contribution in [-0.2, 0) is 9.53 Å². The number of nitrogens with one attached hydrogen (secondary N) is 2. The van der Waals surface area contributed by atoms with Crippen LogP contribution in [-0.4, -0.2) is 50.8 Å². The van der Waals surface area contributed by atoms with E-state index in [2.05, 4.69) is 15.8 Å². The van der Waals surface area contributed by atoms with E-state index in [-0.39, 0.29) is 0 Å². The third-order valence-corrected chi connectivity index (χ3v) is 3.08. The normalized spacial score (nSPS) is 10.9. The first kappa shape index (κ1) is 19.7. The van der Waals surface area contributed by atoms with E-state index in [1.54, 1.807) is 32.2 Å². The van der Waals surface area contributed by atoms with Crippen molar-refractivity contribution in [1.82, 2.24) is 10.7 Å². The number of rotatable bonds is 9. The number of aliphatic carboxylic acids is 1. The number of ether oxygens (including phenoxy) is 3. The summed E-state index contributed by atoms with van der Waals surface area (Å²) >= 11 is 5.07. The lowest BCUT2D eigenvalue weighted by Gasteiger charge is -2.13. The molecule has 0 heterocycles. The monoisotopic (exact) mass is 354 g/mol. The standard InChI is InChI=1S/C15H21N3O5S/c1-10(17-18-15(24)16-6-7-21-2)11-4-5-12(13(8-11)22-3)23-9-14(19)20/h4-5,8H,6-7,9H2,1-3H3,(H,19,20)(H2,16,18,24)/p-1/b17-10-. The Morgan fingerprint density at radius 1 is 1.33 bits per heavy atom. The lowest BCUT2D eigenvalue weighted by molar-refractivity contribution is -0.307.